The van der Waals surface area contributed by atoms with Crippen LogP contribution in [-0.4, -0.2) is 210 Å². The summed E-state index contributed by atoms with van der Waals surface area (Å²) in [6.07, 6.45) is 0.291. The second kappa shape index (κ2) is 35.1. The Labute approximate surface area is 477 Å². The minimum absolute atomic E-state index is 0.0727. The number of aliphatic hydroxyl groups is 2. The lowest BCUT2D eigenvalue weighted by Crippen LogP contribution is -2.60. The van der Waals surface area contributed by atoms with Crippen molar-refractivity contribution in [1.82, 2.24) is 47.0 Å². The van der Waals surface area contributed by atoms with Gasteiger partial charge in [0, 0.05) is 24.5 Å². The zero-order valence-corrected chi connectivity index (χ0v) is 47.6. The van der Waals surface area contributed by atoms with E-state index in [-0.39, 0.29) is 44.4 Å². The molecule has 9 atom stereocenters. The van der Waals surface area contributed by atoms with Crippen molar-refractivity contribution in [2.24, 2.45) is 28.9 Å². The van der Waals surface area contributed by atoms with Crippen LogP contribution in [0.4, 0.5) is 4.79 Å². The number of benzene rings is 1. The summed E-state index contributed by atoms with van der Waals surface area (Å²) in [4.78, 5) is 160. The van der Waals surface area contributed by atoms with Crippen LogP contribution in [0.15, 0.2) is 24.3 Å². The molecule has 2 aliphatic heterocycles. The molecule has 0 aromatic heterocycles. The first-order valence-electron chi connectivity index (χ1n) is 26.3. The fourth-order valence-corrected chi connectivity index (χ4v) is 10.2. The first-order chi connectivity index (χ1) is 38.5. The zero-order chi connectivity index (χ0) is 60.3. The van der Waals surface area contributed by atoms with Crippen LogP contribution >= 0.6 is 23.5 Å². The molecule has 2 aliphatic rings. The number of unbranched alkanes of at least 4 members (excludes halogenated alkanes) is 1. The smallest absolute Gasteiger partial charge is 0.417 e. The van der Waals surface area contributed by atoms with Gasteiger partial charge in [-0.15, -0.1) is 0 Å². The van der Waals surface area contributed by atoms with E-state index < -0.39 is 164 Å². The van der Waals surface area contributed by atoms with Crippen LogP contribution in [-0.2, 0) is 63.2 Å². The molecule has 0 spiro atoms. The number of aliphatic hydroxyl groups excluding tert-OH is 2. The van der Waals surface area contributed by atoms with E-state index in [9.17, 15) is 67.7 Å². The number of imide groups is 1. The van der Waals surface area contributed by atoms with Gasteiger partial charge in [0.05, 0.1) is 45.9 Å². The number of cyclic esters (lactones) is 1. The van der Waals surface area contributed by atoms with Gasteiger partial charge in [-0.25, -0.2) is 9.69 Å². The Morgan fingerprint density at radius 2 is 1.41 bits per heavy atom. The fraction of sp³-hybridized carbons (Fsp3) is 0.640. The number of nitrogens with two attached hydrogens (primary N) is 4. The van der Waals surface area contributed by atoms with Crippen molar-refractivity contribution in [3.05, 3.63) is 29.8 Å². The summed E-state index contributed by atoms with van der Waals surface area (Å²) < 4.78 is 10.5. The van der Waals surface area contributed by atoms with E-state index in [1.165, 1.54) is 35.5 Å². The number of thioether (sulfide) groups is 2. The van der Waals surface area contributed by atoms with E-state index in [2.05, 4.69) is 37.2 Å². The lowest BCUT2D eigenvalue weighted by molar-refractivity contribution is -0.141. The number of carbonyl (C=O) groups is 12. The van der Waals surface area contributed by atoms with E-state index >= 15 is 0 Å². The van der Waals surface area contributed by atoms with Gasteiger partial charge in [0.25, 0.3) is 5.91 Å². The third kappa shape index (κ3) is 22.2. The topological polar surface area (TPSA) is 459 Å². The zero-order valence-electron chi connectivity index (χ0n) is 45.9. The van der Waals surface area contributed by atoms with Crippen LogP contribution in [0.3, 0.4) is 0 Å². The second-order valence-corrected chi connectivity index (χ2v) is 21.5. The summed E-state index contributed by atoms with van der Waals surface area (Å²) in [7, 11) is 1.53. The third-order valence-corrected chi connectivity index (χ3v) is 14.8. The molecule has 12 amide bonds. The molecule has 0 saturated carbocycles. The van der Waals surface area contributed by atoms with Gasteiger partial charge in [0.2, 0.25) is 59.1 Å². The maximum Gasteiger partial charge on any atom is 0.417 e. The standard InChI is InChI=1S/C50H79N13O16S2/c1-27(2)42(61-46(73)33(16-19-80-4)58-45(72)31(8-5-6-17-51)59-47(74)35-9-7-18-62(35)49(76)30(52)23-64)48(75)60-32(14-15-38(53)66)43(70)55-21-40(68)57-34(24-65)44(71)56-22-41(69)63-36(37(20-39(54)67)79-50(63)77)26-81-25-28-10-12-29(78-3)13-11-28/h10-13,27,30-37,42,64-65H,5-9,14-26,51-52H2,1-4H3,(H2,53,66)(H2,54,67)(H,55,70)(H,56,71)(H,57,68)(H,58,72)(H,59,74)(H,60,75)(H,61,73)/t30-,31-,32-,33-,34-,35-,36-,37-,42-/m0/s1. The van der Waals surface area contributed by atoms with Crippen LogP contribution < -0.4 is 64.9 Å². The van der Waals surface area contributed by atoms with Gasteiger partial charge in [-0.2, -0.15) is 23.5 Å². The Bertz CT molecular complexity index is 2350. The van der Waals surface area contributed by atoms with Gasteiger partial charge in [-0.3, -0.25) is 52.7 Å². The van der Waals surface area contributed by atoms with E-state index in [4.69, 9.17) is 32.4 Å². The van der Waals surface area contributed by atoms with Crippen LogP contribution in [0.25, 0.3) is 0 Å². The summed E-state index contributed by atoms with van der Waals surface area (Å²) in [5.74, 6) is -8.41. The number of likely N-dealkylation sites (tertiary alicyclic amines) is 1. The third-order valence-electron chi connectivity index (χ3n) is 13.0. The quantitative estimate of drug-likeness (QED) is 0.0281. The second-order valence-electron chi connectivity index (χ2n) is 19.5. The Hall–Kier alpha value is -6.80. The average Bonchev–Trinajstić information content (AvgIpc) is 4.16. The molecule has 2 heterocycles. The van der Waals surface area contributed by atoms with Gasteiger partial charge in [-0.05, 0) is 87.1 Å². The van der Waals surface area contributed by atoms with Crippen molar-refractivity contribution in [3.63, 3.8) is 0 Å². The molecule has 1 aromatic carbocycles. The molecule has 81 heavy (non-hydrogen) atoms. The van der Waals surface area contributed by atoms with Crippen molar-refractivity contribution >= 4 is 94.6 Å². The summed E-state index contributed by atoms with van der Waals surface area (Å²) in [6, 6.07) is -2.97. The molecule has 17 N–H and O–H groups in total. The fourth-order valence-electron chi connectivity index (χ4n) is 8.54. The summed E-state index contributed by atoms with van der Waals surface area (Å²) in [5, 5.41) is 36.7. The highest BCUT2D eigenvalue weighted by Crippen LogP contribution is 2.27. The molecule has 31 heteroatoms. The van der Waals surface area contributed by atoms with Crippen LogP contribution in [0, 0.1) is 5.92 Å². The molecular formula is C50H79N13O16S2. The normalized spacial score (nSPS) is 18.0. The van der Waals surface area contributed by atoms with E-state index in [1.807, 2.05) is 12.1 Å². The SMILES string of the molecule is COc1ccc(CSC[C@H]2[C@H](CC(N)=O)OC(=O)N2C(=O)CNC(=O)[C@H](CO)NC(=O)CNC(=O)[C@H](CCC(N)=O)NC(=O)[C@@H](NC(=O)[C@H](CCSC)NC(=O)[C@H](CCCCN)NC(=O)[C@@H]2CCCN2C(=O)[C@@H](N)CO)C(C)C)cc1. The maximum atomic E-state index is 14.0. The Morgan fingerprint density at radius 1 is 0.778 bits per heavy atom. The predicted molar refractivity (Wildman–Crippen MR) is 296 cm³/mol. The minimum Gasteiger partial charge on any atom is -0.497 e. The predicted octanol–water partition coefficient (Wildman–Crippen LogP) is -4.72. The van der Waals surface area contributed by atoms with Crippen molar-refractivity contribution in [1.29, 1.82) is 0 Å². The summed E-state index contributed by atoms with van der Waals surface area (Å²) in [6.45, 7) is 0.413. The minimum atomic E-state index is -1.69. The largest absolute Gasteiger partial charge is 0.497 e. The van der Waals surface area contributed by atoms with Gasteiger partial charge in [0.1, 0.15) is 54.1 Å². The number of methoxy groups -OCH3 is 1. The molecule has 2 fully saturated rings. The number of nitrogens with zero attached hydrogens (tertiary/aromatic N) is 2. The van der Waals surface area contributed by atoms with Gasteiger partial charge < -0.3 is 84.7 Å². The van der Waals surface area contributed by atoms with E-state index in [1.54, 1.807) is 32.2 Å². The lowest BCUT2D eigenvalue weighted by atomic mass is 10.0. The van der Waals surface area contributed by atoms with Crippen molar-refractivity contribution < 1.29 is 77.2 Å². The number of amides is 12. The monoisotopic (exact) mass is 1180 g/mol. The summed E-state index contributed by atoms with van der Waals surface area (Å²) >= 11 is 2.70. The number of hydrogen-bond acceptors (Lipinski definition) is 20. The number of nitrogens with one attached hydrogen (secondary N) is 7. The number of rotatable bonds is 36. The molecular weight excluding hydrogens is 1100 g/mol. The molecule has 452 valence electrons. The Kier molecular flexibility index (Phi) is 29.7. The molecule has 0 aliphatic carbocycles. The molecule has 0 radical (unpaired) electrons. The molecule has 3 rings (SSSR count). The van der Waals surface area contributed by atoms with Crippen molar-refractivity contribution in [2.75, 3.05) is 64.3 Å². The number of carbonyl (C=O) groups excluding carboxylic acids is 12. The van der Waals surface area contributed by atoms with E-state index in [0.29, 0.717) is 43.1 Å². The van der Waals surface area contributed by atoms with Gasteiger partial charge >= 0.3 is 6.09 Å². The molecule has 29 nitrogen and oxygen atoms in total. The molecule has 2 saturated heterocycles. The Balaban J connectivity index is 1.66. The Morgan fingerprint density at radius 3 is 2.01 bits per heavy atom. The van der Waals surface area contributed by atoms with Crippen LogP contribution in [0.2, 0.25) is 0 Å². The lowest BCUT2D eigenvalue weighted by Gasteiger charge is -2.29. The molecule has 1 aromatic rings. The van der Waals surface area contributed by atoms with Crippen molar-refractivity contribution in [2.45, 2.75) is 132 Å². The molecule has 0 bridgehead atoms. The number of primary amides is 2. The van der Waals surface area contributed by atoms with Gasteiger partial charge in [0.15, 0.2) is 0 Å². The number of hydrogen-bond donors (Lipinski definition) is 13. The number of ether oxygens (including phenoxy) is 2. The first-order valence-corrected chi connectivity index (χ1v) is 28.9. The highest BCUT2D eigenvalue weighted by molar-refractivity contribution is 7.98. The maximum absolute atomic E-state index is 14.0. The van der Waals surface area contributed by atoms with Gasteiger partial charge in [-0.1, -0.05) is 26.0 Å². The molecule has 0 unspecified atom stereocenters. The summed E-state index contributed by atoms with van der Waals surface area (Å²) in [5.41, 5.74) is 23.1. The average molecular weight is 1180 g/mol. The van der Waals surface area contributed by atoms with Crippen LogP contribution in [0.5, 0.6) is 5.75 Å². The first kappa shape index (κ1) is 68.5. The van der Waals surface area contributed by atoms with Crippen molar-refractivity contribution in [3.8, 4) is 5.75 Å². The highest BCUT2D eigenvalue weighted by Gasteiger charge is 2.46. The van der Waals surface area contributed by atoms with E-state index in [0.717, 1.165) is 10.5 Å². The highest BCUT2D eigenvalue weighted by atomic mass is 32.2. The van der Waals surface area contributed by atoms with Crippen LogP contribution in [0.1, 0.15) is 77.2 Å².